The zero-order valence-corrected chi connectivity index (χ0v) is 29.1. The maximum atomic E-state index is 14.7. The summed E-state index contributed by atoms with van der Waals surface area (Å²) in [5.74, 6) is -1.42. The zero-order valence-electron chi connectivity index (χ0n) is 29.1. The van der Waals surface area contributed by atoms with Gasteiger partial charge in [-0.15, -0.1) is 0 Å². The Bertz CT molecular complexity index is 1600. The highest BCUT2D eigenvalue weighted by Gasteiger charge is 2.58. The first-order valence-electron chi connectivity index (χ1n) is 16.8. The lowest BCUT2D eigenvalue weighted by atomic mass is 9.62. The van der Waals surface area contributed by atoms with Crippen LogP contribution in [0.3, 0.4) is 0 Å². The van der Waals surface area contributed by atoms with Gasteiger partial charge >= 0.3 is 5.97 Å². The van der Waals surface area contributed by atoms with Crippen LogP contribution < -0.4 is 9.47 Å². The van der Waals surface area contributed by atoms with Crippen molar-refractivity contribution in [3.63, 3.8) is 0 Å². The molecule has 1 saturated carbocycles. The summed E-state index contributed by atoms with van der Waals surface area (Å²) in [4.78, 5) is 38.3. The van der Waals surface area contributed by atoms with Gasteiger partial charge in [-0.1, -0.05) is 36.0 Å². The summed E-state index contributed by atoms with van der Waals surface area (Å²) in [7, 11) is 0. The number of hydrogen-bond donors (Lipinski definition) is 2. The van der Waals surface area contributed by atoms with Crippen LogP contribution in [0, 0.1) is 17.8 Å². The van der Waals surface area contributed by atoms with Gasteiger partial charge in [0.25, 0.3) is 0 Å². The van der Waals surface area contributed by atoms with Gasteiger partial charge in [0.15, 0.2) is 5.78 Å². The number of aldehydes is 1. The molecule has 0 aromatic heterocycles. The van der Waals surface area contributed by atoms with E-state index >= 15 is 0 Å². The van der Waals surface area contributed by atoms with E-state index in [1.165, 1.54) is 6.92 Å². The summed E-state index contributed by atoms with van der Waals surface area (Å²) >= 11 is 0. The number of allylic oxidation sites excluding steroid dienone is 4. The van der Waals surface area contributed by atoms with Crippen LogP contribution in [0.4, 0.5) is 0 Å². The normalized spacial score (nSPS) is 29.7. The van der Waals surface area contributed by atoms with Crippen molar-refractivity contribution in [2.75, 3.05) is 6.61 Å². The number of ketones is 1. The minimum absolute atomic E-state index is 0.0613. The van der Waals surface area contributed by atoms with E-state index in [1.54, 1.807) is 12.2 Å². The van der Waals surface area contributed by atoms with E-state index in [1.807, 2.05) is 41.5 Å². The second kappa shape index (κ2) is 12.4. The molecule has 47 heavy (non-hydrogen) atoms. The van der Waals surface area contributed by atoms with Gasteiger partial charge in [-0.3, -0.25) is 4.79 Å². The Balaban J connectivity index is 1.67. The Morgan fingerprint density at radius 3 is 2.47 bits per heavy atom. The molecular formula is C39H50O8. The summed E-state index contributed by atoms with van der Waals surface area (Å²) in [5, 5.41) is 21.3. The van der Waals surface area contributed by atoms with E-state index in [2.05, 4.69) is 19.6 Å². The number of carbonyl (C=O) groups is 3. The standard InChI is InChI=1S/C39H50O8/c1-21(2)12-13-26-34-30(27-19-38(8,46-34)15-14-25(27)22(3)4)33(42)31-32(41)28-17-24(20-40)18-29(39(28,9)47-35(26)31)37(6,7)45-16-10-11-23(5)36(43)44/h11-12,17,20,24-25,27,29,42H,3,10,13-16,18-19H2,1-2,4-9H3,(H,43,44)/b23-11-/t24?,25?,27-,29?,38+,39+/m0/s1. The average Bonchev–Trinajstić information content (AvgIpc) is 2.97. The van der Waals surface area contributed by atoms with Gasteiger partial charge in [-0.05, 0) is 99.8 Å². The van der Waals surface area contributed by atoms with Crippen molar-refractivity contribution in [1.82, 2.24) is 0 Å². The number of hydrogen-bond acceptors (Lipinski definition) is 7. The fourth-order valence-electron chi connectivity index (χ4n) is 8.38. The maximum Gasteiger partial charge on any atom is 0.330 e. The lowest BCUT2D eigenvalue weighted by Crippen LogP contribution is -2.58. The summed E-state index contributed by atoms with van der Waals surface area (Å²) in [6, 6.07) is 0. The van der Waals surface area contributed by atoms with E-state index in [4.69, 9.17) is 14.2 Å². The number of ether oxygens (including phenoxy) is 3. The number of fused-ring (bicyclic) bond motifs is 6. The Morgan fingerprint density at radius 2 is 1.85 bits per heavy atom. The smallest absolute Gasteiger partial charge is 0.330 e. The quantitative estimate of drug-likeness (QED) is 0.114. The third kappa shape index (κ3) is 6.10. The van der Waals surface area contributed by atoms with Crippen LogP contribution in [-0.4, -0.2) is 51.7 Å². The van der Waals surface area contributed by atoms with Gasteiger partial charge < -0.3 is 29.2 Å². The molecule has 0 amide bonds. The van der Waals surface area contributed by atoms with Gasteiger partial charge in [-0.2, -0.15) is 0 Å². The molecule has 8 heteroatoms. The molecule has 1 fully saturated rings. The molecule has 1 aromatic carbocycles. The van der Waals surface area contributed by atoms with Crippen molar-refractivity contribution >= 4 is 18.0 Å². The van der Waals surface area contributed by atoms with Crippen molar-refractivity contribution in [2.24, 2.45) is 17.8 Å². The SMILES string of the molecule is C=C(C)C1CC[C@]2(C)C[C@@H]1c1c(O)c3c(c(CC=C(C)C)c1O2)O[C@]1(C)C(=CC(C=O)CC1C(C)(C)OCC/C=C(/C)C(=O)O)C3=O. The number of Topliss-reactive ketones (excluding diaryl/α,β-unsaturated/α-hetero) is 1. The number of aromatic hydroxyl groups is 1. The molecule has 0 spiro atoms. The van der Waals surface area contributed by atoms with Gasteiger partial charge in [0.2, 0.25) is 0 Å². The summed E-state index contributed by atoms with van der Waals surface area (Å²) < 4.78 is 20.2. The van der Waals surface area contributed by atoms with E-state index < -0.39 is 34.6 Å². The minimum Gasteiger partial charge on any atom is -0.507 e. The fraction of sp³-hybridized carbons (Fsp3) is 0.564. The van der Waals surface area contributed by atoms with Crippen LogP contribution >= 0.6 is 0 Å². The highest BCUT2D eigenvalue weighted by atomic mass is 16.5. The van der Waals surface area contributed by atoms with Gasteiger partial charge in [0.1, 0.15) is 40.3 Å². The predicted octanol–water partition coefficient (Wildman–Crippen LogP) is 7.82. The van der Waals surface area contributed by atoms with Crippen LogP contribution in [0.1, 0.15) is 115 Å². The second-order valence-electron chi connectivity index (χ2n) is 15.3. The number of carboxylic acids is 1. The van der Waals surface area contributed by atoms with Crippen molar-refractivity contribution in [3.05, 3.63) is 63.8 Å². The van der Waals surface area contributed by atoms with E-state index in [9.17, 15) is 24.6 Å². The monoisotopic (exact) mass is 646 g/mol. The van der Waals surface area contributed by atoms with Gasteiger partial charge in [0, 0.05) is 40.0 Å². The molecule has 2 heterocycles. The van der Waals surface area contributed by atoms with Crippen LogP contribution in [0.15, 0.2) is 47.1 Å². The third-order valence-corrected chi connectivity index (χ3v) is 11.0. The molecule has 0 saturated heterocycles. The molecule has 254 valence electrons. The van der Waals surface area contributed by atoms with Crippen LogP contribution in [0.2, 0.25) is 0 Å². The summed E-state index contributed by atoms with van der Waals surface area (Å²) in [6.45, 7) is 20.0. The predicted molar refractivity (Wildman–Crippen MR) is 180 cm³/mol. The lowest BCUT2D eigenvalue weighted by molar-refractivity contribution is -0.132. The molecule has 3 unspecified atom stereocenters. The fourth-order valence-corrected chi connectivity index (χ4v) is 8.38. The Labute approximate surface area is 278 Å². The first kappa shape index (κ1) is 34.7. The first-order chi connectivity index (χ1) is 21.9. The Kier molecular flexibility index (Phi) is 9.17. The van der Waals surface area contributed by atoms with Gasteiger partial charge in [0.05, 0.1) is 12.2 Å². The molecular weight excluding hydrogens is 596 g/mol. The lowest BCUT2D eigenvalue weighted by Gasteiger charge is -2.53. The topological polar surface area (TPSA) is 119 Å². The molecule has 2 aliphatic carbocycles. The van der Waals surface area contributed by atoms with Gasteiger partial charge in [-0.25, -0.2) is 4.79 Å². The van der Waals surface area contributed by atoms with Crippen molar-refractivity contribution in [2.45, 2.75) is 117 Å². The molecule has 0 radical (unpaired) electrons. The molecule has 5 rings (SSSR count). The number of aliphatic carboxylic acids is 1. The number of rotatable bonds is 10. The highest BCUT2D eigenvalue weighted by molar-refractivity contribution is 6.16. The van der Waals surface area contributed by atoms with Crippen LogP contribution in [-0.2, 0) is 20.7 Å². The summed E-state index contributed by atoms with van der Waals surface area (Å²) in [5.41, 5.74) is 1.76. The van der Waals surface area contributed by atoms with Crippen LogP contribution in [0.5, 0.6) is 17.2 Å². The van der Waals surface area contributed by atoms with Crippen molar-refractivity contribution < 1.29 is 38.8 Å². The first-order valence-corrected chi connectivity index (χ1v) is 16.8. The van der Waals surface area contributed by atoms with Crippen LogP contribution in [0.25, 0.3) is 0 Å². The Morgan fingerprint density at radius 1 is 1.15 bits per heavy atom. The third-order valence-electron chi connectivity index (χ3n) is 11.0. The molecule has 4 aliphatic rings. The van der Waals surface area contributed by atoms with Crippen molar-refractivity contribution in [1.29, 1.82) is 0 Å². The molecule has 6 atom stereocenters. The number of phenolic OH excluding ortho intramolecular Hbond substituents is 1. The molecule has 2 N–H and O–H groups in total. The average molecular weight is 647 g/mol. The molecule has 1 aromatic rings. The summed E-state index contributed by atoms with van der Waals surface area (Å²) in [6.07, 6.45) is 9.93. The second-order valence-corrected chi connectivity index (χ2v) is 15.3. The minimum atomic E-state index is -1.19. The van der Waals surface area contributed by atoms with E-state index in [0.29, 0.717) is 48.3 Å². The number of benzene rings is 1. The Hall–Kier alpha value is -3.65. The number of carboxylic acid groups (broad SMARTS) is 1. The number of carbonyl (C=O) groups excluding carboxylic acids is 2. The van der Waals surface area contributed by atoms with E-state index in [-0.39, 0.29) is 41.1 Å². The largest absolute Gasteiger partial charge is 0.507 e. The maximum absolute atomic E-state index is 14.7. The molecule has 2 bridgehead atoms. The molecule has 2 aliphatic heterocycles. The molecule has 8 nitrogen and oxygen atoms in total. The highest BCUT2D eigenvalue weighted by Crippen LogP contribution is 2.62. The number of phenols is 1. The zero-order chi connectivity index (χ0) is 34.6. The van der Waals surface area contributed by atoms with E-state index in [0.717, 1.165) is 35.8 Å². The van der Waals surface area contributed by atoms with Crippen molar-refractivity contribution in [3.8, 4) is 17.2 Å².